The molecule has 14 heavy (non-hydrogen) atoms. The minimum absolute atomic E-state index is 0.110. The van der Waals surface area contributed by atoms with Crippen LogP contribution < -0.4 is 9.05 Å². The SMILES string of the molecule is O=[PH](Oc1nnn[nH]1)Oc1nnn[nH]1. The Balaban J connectivity index is 1.91. The molecule has 2 N–H and O–H groups in total. The van der Waals surface area contributed by atoms with E-state index in [4.69, 9.17) is 0 Å². The van der Waals surface area contributed by atoms with Crippen molar-refractivity contribution >= 4 is 8.25 Å². The van der Waals surface area contributed by atoms with E-state index < -0.39 is 8.25 Å². The van der Waals surface area contributed by atoms with Crippen molar-refractivity contribution in [2.45, 2.75) is 0 Å². The Labute approximate surface area is 76.1 Å². The van der Waals surface area contributed by atoms with Gasteiger partial charge >= 0.3 is 20.3 Å². The molecule has 0 amide bonds. The van der Waals surface area contributed by atoms with Gasteiger partial charge in [-0.2, -0.15) is 0 Å². The first kappa shape index (κ1) is 8.56. The Morgan fingerprint density at radius 2 is 1.50 bits per heavy atom. The average Bonchev–Trinajstić information content (AvgIpc) is 2.76. The Kier molecular flexibility index (Phi) is 2.32. The van der Waals surface area contributed by atoms with Crippen molar-refractivity contribution in [1.29, 1.82) is 0 Å². The molecule has 2 heterocycles. The summed E-state index contributed by atoms with van der Waals surface area (Å²) < 4.78 is 20.4. The first-order valence-electron chi connectivity index (χ1n) is 3.22. The molecule has 2 aromatic rings. The van der Waals surface area contributed by atoms with Crippen molar-refractivity contribution in [2.75, 3.05) is 0 Å². The van der Waals surface area contributed by atoms with Crippen LogP contribution in [0.3, 0.4) is 0 Å². The number of tetrazole rings is 2. The van der Waals surface area contributed by atoms with Gasteiger partial charge in [0.1, 0.15) is 0 Å². The molecule has 2 rings (SSSR count). The minimum Gasteiger partial charge on any atom is -0.382 e. The maximum absolute atomic E-state index is 11.1. The summed E-state index contributed by atoms with van der Waals surface area (Å²) >= 11 is 0. The Bertz CT molecular complexity index is 358. The van der Waals surface area contributed by atoms with E-state index in [1.165, 1.54) is 0 Å². The quantitative estimate of drug-likeness (QED) is 0.589. The number of nitrogens with one attached hydrogen (secondary N) is 2. The van der Waals surface area contributed by atoms with Crippen LogP contribution in [-0.4, -0.2) is 41.2 Å². The second-order valence-corrected chi connectivity index (χ2v) is 2.78. The second-order valence-electron chi connectivity index (χ2n) is 1.87. The zero-order valence-corrected chi connectivity index (χ0v) is 7.41. The summed E-state index contributed by atoms with van der Waals surface area (Å²) in [5.74, 6) is 0. The van der Waals surface area contributed by atoms with E-state index in [2.05, 4.69) is 50.3 Å². The molecule has 0 unspecified atom stereocenters. The van der Waals surface area contributed by atoms with Crippen LogP contribution >= 0.6 is 8.25 Å². The predicted molar refractivity (Wildman–Crippen MR) is 38.6 cm³/mol. The molecular weight excluding hydrogens is 215 g/mol. The van der Waals surface area contributed by atoms with Crippen molar-refractivity contribution in [1.82, 2.24) is 41.2 Å². The number of nitrogens with zero attached hydrogens (tertiary/aromatic N) is 6. The van der Waals surface area contributed by atoms with Crippen molar-refractivity contribution in [2.24, 2.45) is 0 Å². The fraction of sp³-hybridized carbons (Fsp3) is 0. The Hall–Kier alpha value is -2.03. The standard InChI is InChI=1S/C2H3N8O3P/c11-14(12-1-3-7-8-4-1)13-2-5-9-10-6-2/h14H,(H,3,4,7,8)(H,5,6,9,10). The highest BCUT2D eigenvalue weighted by atomic mass is 31.1. The van der Waals surface area contributed by atoms with Crippen molar-refractivity contribution < 1.29 is 13.6 Å². The Morgan fingerprint density at radius 3 is 1.86 bits per heavy atom. The highest BCUT2D eigenvalue weighted by Crippen LogP contribution is 2.24. The largest absolute Gasteiger partial charge is 0.423 e. The van der Waals surface area contributed by atoms with Gasteiger partial charge in [0.25, 0.3) is 0 Å². The summed E-state index contributed by atoms with van der Waals surface area (Å²) in [6, 6.07) is -0.220. The Morgan fingerprint density at radius 1 is 1.00 bits per heavy atom. The normalized spacial score (nSPS) is 10.4. The fourth-order valence-electron chi connectivity index (χ4n) is 0.566. The van der Waals surface area contributed by atoms with Gasteiger partial charge in [0.05, 0.1) is 0 Å². The lowest BCUT2D eigenvalue weighted by Gasteiger charge is -1.99. The fourth-order valence-corrected chi connectivity index (χ4v) is 1.10. The minimum atomic E-state index is -2.83. The van der Waals surface area contributed by atoms with Crippen LogP contribution in [0.1, 0.15) is 0 Å². The van der Waals surface area contributed by atoms with E-state index in [0.717, 1.165) is 0 Å². The summed E-state index contributed by atoms with van der Waals surface area (Å²) in [5.41, 5.74) is 0. The molecule has 0 aromatic carbocycles. The van der Waals surface area contributed by atoms with Gasteiger partial charge < -0.3 is 9.05 Å². The summed E-state index contributed by atoms with van der Waals surface area (Å²) in [7, 11) is -2.83. The average molecular weight is 218 g/mol. The van der Waals surface area contributed by atoms with E-state index in [9.17, 15) is 4.57 Å². The molecule has 2 aromatic heterocycles. The van der Waals surface area contributed by atoms with Gasteiger partial charge in [-0.3, -0.25) is 0 Å². The third-order valence-corrected chi connectivity index (χ3v) is 1.73. The van der Waals surface area contributed by atoms with Crippen molar-refractivity contribution in [3.8, 4) is 12.0 Å². The summed E-state index contributed by atoms with van der Waals surface area (Å²) in [4.78, 5) is 0. The third kappa shape index (κ3) is 2.01. The zero-order chi connectivity index (χ0) is 9.80. The number of aromatic amines is 2. The van der Waals surface area contributed by atoms with Crippen LogP contribution in [0.5, 0.6) is 12.0 Å². The van der Waals surface area contributed by atoms with Gasteiger partial charge in [-0.05, 0) is 20.9 Å². The predicted octanol–water partition coefficient (Wildman–Crippen LogP) is -1.44. The lowest BCUT2D eigenvalue weighted by molar-refractivity contribution is 0.389. The summed E-state index contributed by atoms with van der Waals surface area (Å²) in [6.45, 7) is 0. The molecule has 0 radical (unpaired) electrons. The van der Waals surface area contributed by atoms with Crippen molar-refractivity contribution in [3.05, 3.63) is 0 Å². The van der Waals surface area contributed by atoms with E-state index in [1.54, 1.807) is 0 Å². The molecular formula is C2H3N8O3P. The lowest BCUT2D eigenvalue weighted by Crippen LogP contribution is -1.91. The number of H-pyrrole nitrogens is 2. The van der Waals surface area contributed by atoms with Crippen LogP contribution in [0.25, 0.3) is 0 Å². The topological polar surface area (TPSA) is 144 Å². The molecule has 0 saturated heterocycles. The van der Waals surface area contributed by atoms with Gasteiger partial charge in [-0.15, -0.1) is 0 Å². The summed E-state index contributed by atoms with van der Waals surface area (Å²) in [5, 5.41) is 23.9. The highest BCUT2D eigenvalue weighted by Gasteiger charge is 2.08. The number of aromatic nitrogens is 8. The molecule has 0 aliphatic rings. The molecule has 0 aliphatic heterocycles. The summed E-state index contributed by atoms with van der Waals surface area (Å²) in [6.07, 6.45) is 0. The molecule has 0 aliphatic carbocycles. The van der Waals surface area contributed by atoms with Gasteiger partial charge in [0.15, 0.2) is 0 Å². The third-order valence-electron chi connectivity index (χ3n) is 1.01. The highest BCUT2D eigenvalue weighted by molar-refractivity contribution is 7.34. The lowest BCUT2D eigenvalue weighted by atomic mass is 11.3. The monoisotopic (exact) mass is 218 g/mol. The van der Waals surface area contributed by atoms with E-state index in [0.29, 0.717) is 0 Å². The molecule has 0 fully saturated rings. The van der Waals surface area contributed by atoms with E-state index >= 15 is 0 Å². The van der Waals surface area contributed by atoms with Crippen LogP contribution in [-0.2, 0) is 4.57 Å². The number of hydrogen-bond acceptors (Lipinski definition) is 9. The number of rotatable bonds is 4. The molecule has 0 saturated carbocycles. The molecule has 74 valence electrons. The maximum atomic E-state index is 11.1. The first-order valence-corrected chi connectivity index (χ1v) is 4.44. The second kappa shape index (κ2) is 3.79. The van der Waals surface area contributed by atoms with E-state index in [1.807, 2.05) is 0 Å². The van der Waals surface area contributed by atoms with Crippen molar-refractivity contribution in [3.63, 3.8) is 0 Å². The van der Waals surface area contributed by atoms with Crippen LogP contribution in [0.15, 0.2) is 0 Å². The number of hydrogen-bond donors (Lipinski definition) is 2. The first-order chi connectivity index (χ1) is 6.84. The molecule has 0 spiro atoms. The van der Waals surface area contributed by atoms with Crippen LogP contribution in [0.2, 0.25) is 0 Å². The van der Waals surface area contributed by atoms with E-state index in [-0.39, 0.29) is 12.0 Å². The zero-order valence-electron chi connectivity index (χ0n) is 6.41. The van der Waals surface area contributed by atoms with Crippen LogP contribution in [0, 0.1) is 0 Å². The van der Waals surface area contributed by atoms with Gasteiger partial charge in [-0.1, -0.05) is 10.2 Å². The van der Waals surface area contributed by atoms with Gasteiger partial charge in [0, 0.05) is 0 Å². The van der Waals surface area contributed by atoms with Gasteiger partial charge in [-0.25, -0.2) is 14.8 Å². The molecule has 0 bridgehead atoms. The molecule has 11 nitrogen and oxygen atoms in total. The smallest absolute Gasteiger partial charge is 0.382 e. The van der Waals surface area contributed by atoms with Gasteiger partial charge in [0.2, 0.25) is 0 Å². The molecule has 12 heteroatoms. The van der Waals surface area contributed by atoms with Crippen LogP contribution in [0.4, 0.5) is 0 Å². The maximum Gasteiger partial charge on any atom is 0.423 e. The molecule has 0 atom stereocenters.